The number of likely N-dealkylation sites (N-methyl/N-ethyl adjacent to an activating group) is 1. The van der Waals surface area contributed by atoms with Crippen molar-refractivity contribution < 1.29 is 14.4 Å². The Morgan fingerprint density at radius 1 is 1.07 bits per heavy atom. The predicted molar refractivity (Wildman–Crippen MR) is 111 cm³/mol. The molecule has 0 aromatic carbocycles. The van der Waals surface area contributed by atoms with E-state index in [0.717, 1.165) is 32.4 Å². The fourth-order valence-corrected chi connectivity index (χ4v) is 4.05. The standard InChI is InChI=1S/C21H40N4O3/c1-7-14(5)17(21(28)25-13-11-12-16(25)19(22)26)23-20(27)18(15(6)8-2)24(9-3)10-4/h14-18H,7-13H2,1-6H3,(H2,22,26)(H,23,27). The number of carbonyl (C=O) groups is 3. The summed E-state index contributed by atoms with van der Waals surface area (Å²) < 4.78 is 0. The van der Waals surface area contributed by atoms with Crippen LogP contribution in [-0.2, 0) is 14.4 Å². The van der Waals surface area contributed by atoms with Crippen molar-refractivity contribution in [3.8, 4) is 0 Å². The molecule has 1 aliphatic rings. The van der Waals surface area contributed by atoms with Crippen LogP contribution in [0.1, 0.15) is 67.2 Å². The lowest BCUT2D eigenvalue weighted by molar-refractivity contribution is -0.143. The lowest BCUT2D eigenvalue weighted by atomic mass is 9.93. The van der Waals surface area contributed by atoms with Crippen LogP contribution >= 0.6 is 0 Å². The van der Waals surface area contributed by atoms with Gasteiger partial charge in [-0.15, -0.1) is 0 Å². The largest absolute Gasteiger partial charge is 0.368 e. The van der Waals surface area contributed by atoms with Crippen molar-refractivity contribution in [2.75, 3.05) is 19.6 Å². The van der Waals surface area contributed by atoms with Crippen LogP contribution in [0.15, 0.2) is 0 Å². The summed E-state index contributed by atoms with van der Waals surface area (Å²) in [6.45, 7) is 14.3. The first-order valence-corrected chi connectivity index (χ1v) is 10.9. The fraction of sp³-hybridized carbons (Fsp3) is 0.857. The second kappa shape index (κ2) is 11.4. The second-order valence-electron chi connectivity index (χ2n) is 8.02. The summed E-state index contributed by atoms with van der Waals surface area (Å²) in [6, 6.07) is -1.48. The monoisotopic (exact) mass is 396 g/mol. The highest BCUT2D eigenvalue weighted by Crippen LogP contribution is 2.22. The second-order valence-corrected chi connectivity index (χ2v) is 8.02. The maximum Gasteiger partial charge on any atom is 0.246 e. The molecule has 0 bridgehead atoms. The number of hydrogen-bond acceptors (Lipinski definition) is 4. The lowest BCUT2D eigenvalue weighted by Crippen LogP contribution is -2.59. The quantitative estimate of drug-likeness (QED) is 0.556. The van der Waals surface area contributed by atoms with Gasteiger partial charge in [0.05, 0.1) is 6.04 Å². The summed E-state index contributed by atoms with van der Waals surface area (Å²) in [5.74, 6) is -0.615. The van der Waals surface area contributed by atoms with Crippen LogP contribution in [-0.4, -0.2) is 65.3 Å². The smallest absolute Gasteiger partial charge is 0.246 e. The van der Waals surface area contributed by atoms with Gasteiger partial charge in [0, 0.05) is 6.54 Å². The van der Waals surface area contributed by atoms with Crippen LogP contribution in [0.5, 0.6) is 0 Å². The molecule has 1 heterocycles. The summed E-state index contributed by atoms with van der Waals surface area (Å²) in [4.78, 5) is 42.0. The Balaban J connectivity index is 3.08. The van der Waals surface area contributed by atoms with Gasteiger partial charge in [-0.1, -0.05) is 54.4 Å². The van der Waals surface area contributed by atoms with Gasteiger partial charge >= 0.3 is 0 Å². The molecule has 0 radical (unpaired) electrons. The van der Waals surface area contributed by atoms with E-state index in [9.17, 15) is 14.4 Å². The number of nitrogens with one attached hydrogen (secondary N) is 1. The van der Waals surface area contributed by atoms with Crippen molar-refractivity contribution in [1.82, 2.24) is 15.1 Å². The van der Waals surface area contributed by atoms with Gasteiger partial charge in [-0.2, -0.15) is 0 Å². The van der Waals surface area contributed by atoms with Gasteiger partial charge in [0.1, 0.15) is 12.1 Å². The van der Waals surface area contributed by atoms with E-state index in [2.05, 4.69) is 24.1 Å². The predicted octanol–water partition coefficient (Wildman–Crippen LogP) is 1.75. The number of likely N-dealkylation sites (tertiary alicyclic amines) is 1. The summed E-state index contributed by atoms with van der Waals surface area (Å²) in [5, 5.41) is 3.04. The molecule has 0 spiro atoms. The number of carbonyl (C=O) groups excluding carboxylic acids is 3. The summed E-state index contributed by atoms with van der Waals surface area (Å²) >= 11 is 0. The average Bonchev–Trinajstić information content (AvgIpc) is 3.18. The highest BCUT2D eigenvalue weighted by Gasteiger charge is 2.39. The number of hydrogen-bond donors (Lipinski definition) is 2. The summed E-state index contributed by atoms with van der Waals surface area (Å²) in [6.07, 6.45) is 2.99. The Bertz CT molecular complexity index is 536. The molecule has 3 amide bonds. The van der Waals surface area contributed by atoms with Gasteiger partial charge in [0.25, 0.3) is 0 Å². The molecule has 1 rings (SSSR count). The molecule has 7 nitrogen and oxygen atoms in total. The van der Waals surface area contributed by atoms with Gasteiger partial charge in [0.15, 0.2) is 0 Å². The topological polar surface area (TPSA) is 95.7 Å². The van der Waals surface area contributed by atoms with E-state index < -0.39 is 18.0 Å². The Morgan fingerprint density at radius 3 is 2.11 bits per heavy atom. The first-order valence-electron chi connectivity index (χ1n) is 10.9. The van der Waals surface area contributed by atoms with Crippen LogP contribution in [0, 0.1) is 11.8 Å². The molecule has 1 fully saturated rings. The number of nitrogens with zero attached hydrogens (tertiary/aromatic N) is 2. The molecule has 0 aliphatic carbocycles. The number of amides is 3. The van der Waals surface area contributed by atoms with E-state index >= 15 is 0 Å². The highest BCUT2D eigenvalue weighted by atomic mass is 16.2. The molecule has 162 valence electrons. The zero-order chi connectivity index (χ0) is 21.4. The maximum absolute atomic E-state index is 13.3. The zero-order valence-electron chi connectivity index (χ0n) is 18.5. The van der Waals surface area contributed by atoms with E-state index in [4.69, 9.17) is 5.73 Å². The Labute approximate surface area is 170 Å². The van der Waals surface area contributed by atoms with Crippen molar-refractivity contribution in [2.24, 2.45) is 17.6 Å². The SMILES string of the molecule is CCC(C)C(NC(=O)C(C(C)CC)N(CC)CC)C(=O)N1CCCC1C(N)=O. The third-order valence-electron chi connectivity index (χ3n) is 6.30. The average molecular weight is 397 g/mol. The first-order chi connectivity index (χ1) is 13.2. The minimum Gasteiger partial charge on any atom is -0.368 e. The summed E-state index contributed by atoms with van der Waals surface area (Å²) in [5.41, 5.74) is 5.49. The molecule has 0 aromatic rings. The third kappa shape index (κ3) is 5.69. The number of nitrogens with two attached hydrogens (primary N) is 1. The highest BCUT2D eigenvalue weighted by molar-refractivity contribution is 5.93. The number of primary amides is 1. The fourth-order valence-electron chi connectivity index (χ4n) is 4.05. The van der Waals surface area contributed by atoms with E-state index in [1.54, 1.807) is 4.90 Å². The van der Waals surface area contributed by atoms with Crippen LogP contribution in [0.4, 0.5) is 0 Å². The van der Waals surface area contributed by atoms with Gasteiger partial charge < -0.3 is 16.0 Å². The minimum absolute atomic E-state index is 0.0279. The Morgan fingerprint density at radius 2 is 1.64 bits per heavy atom. The third-order valence-corrected chi connectivity index (χ3v) is 6.30. The molecular weight excluding hydrogens is 356 g/mol. The molecule has 5 atom stereocenters. The molecule has 7 heteroatoms. The molecular formula is C21H40N4O3. The van der Waals surface area contributed by atoms with Crippen LogP contribution in [0.25, 0.3) is 0 Å². The van der Waals surface area contributed by atoms with Crippen molar-refractivity contribution in [3.63, 3.8) is 0 Å². The number of rotatable bonds is 11. The van der Waals surface area contributed by atoms with Gasteiger partial charge in [0.2, 0.25) is 17.7 Å². The minimum atomic E-state index is -0.639. The Kier molecular flexibility index (Phi) is 9.93. The zero-order valence-corrected chi connectivity index (χ0v) is 18.5. The van der Waals surface area contributed by atoms with Crippen molar-refractivity contribution in [3.05, 3.63) is 0 Å². The van der Waals surface area contributed by atoms with Crippen LogP contribution in [0.3, 0.4) is 0 Å². The molecule has 0 saturated carbocycles. The molecule has 1 aliphatic heterocycles. The summed E-state index contributed by atoms with van der Waals surface area (Å²) in [7, 11) is 0. The molecule has 5 unspecified atom stereocenters. The van der Waals surface area contributed by atoms with Gasteiger partial charge in [-0.25, -0.2) is 0 Å². The van der Waals surface area contributed by atoms with Crippen molar-refractivity contribution in [2.45, 2.75) is 85.4 Å². The van der Waals surface area contributed by atoms with Gasteiger partial charge in [-0.05, 0) is 37.8 Å². The Hall–Kier alpha value is -1.63. The van der Waals surface area contributed by atoms with Crippen molar-refractivity contribution >= 4 is 17.7 Å². The maximum atomic E-state index is 13.3. The molecule has 1 saturated heterocycles. The van der Waals surface area contributed by atoms with E-state index in [1.807, 2.05) is 27.7 Å². The van der Waals surface area contributed by atoms with Crippen LogP contribution in [0.2, 0.25) is 0 Å². The molecule has 3 N–H and O–H groups in total. The van der Waals surface area contributed by atoms with Gasteiger partial charge in [-0.3, -0.25) is 19.3 Å². The normalized spacial score (nSPS) is 21.2. The molecule has 0 aromatic heterocycles. The van der Waals surface area contributed by atoms with E-state index in [1.165, 1.54) is 0 Å². The first kappa shape index (κ1) is 24.4. The van der Waals surface area contributed by atoms with Crippen LogP contribution < -0.4 is 11.1 Å². The van der Waals surface area contributed by atoms with E-state index in [0.29, 0.717) is 13.0 Å². The molecule has 28 heavy (non-hydrogen) atoms. The van der Waals surface area contributed by atoms with E-state index in [-0.39, 0.29) is 29.7 Å². The lowest BCUT2D eigenvalue weighted by Gasteiger charge is -2.36. The van der Waals surface area contributed by atoms with Crippen molar-refractivity contribution in [1.29, 1.82) is 0 Å².